The zero-order valence-corrected chi connectivity index (χ0v) is 9.87. The molecule has 1 rings (SSSR count). The number of hydrogen-bond acceptors (Lipinski definition) is 2. The fourth-order valence-electron chi connectivity index (χ4n) is 1.96. The average molecular weight is 227 g/mol. The van der Waals surface area contributed by atoms with Gasteiger partial charge in [-0.1, -0.05) is 26.2 Å². The van der Waals surface area contributed by atoms with Gasteiger partial charge >= 0.3 is 5.97 Å². The molecule has 0 radical (unpaired) electrons. The summed E-state index contributed by atoms with van der Waals surface area (Å²) in [7, 11) is 0. The van der Waals surface area contributed by atoms with Crippen molar-refractivity contribution in [2.45, 2.75) is 45.4 Å². The lowest BCUT2D eigenvalue weighted by molar-refractivity contribution is -0.138. The zero-order chi connectivity index (χ0) is 12.0. The molecule has 92 valence electrons. The molecule has 1 aliphatic rings. The highest BCUT2D eigenvalue weighted by Crippen LogP contribution is 2.28. The molecule has 1 amide bonds. The van der Waals surface area contributed by atoms with Gasteiger partial charge < -0.3 is 10.4 Å². The number of carboxylic acids is 1. The number of amides is 1. The molecule has 1 aliphatic carbocycles. The van der Waals surface area contributed by atoms with Crippen LogP contribution in [0.4, 0.5) is 0 Å². The molecule has 1 unspecified atom stereocenters. The van der Waals surface area contributed by atoms with Crippen LogP contribution in [0.5, 0.6) is 0 Å². The molecule has 0 aromatic rings. The highest BCUT2D eigenvalue weighted by Gasteiger charge is 2.17. The van der Waals surface area contributed by atoms with Gasteiger partial charge in [-0.3, -0.25) is 9.59 Å². The van der Waals surface area contributed by atoms with Gasteiger partial charge in [-0.15, -0.1) is 0 Å². The Bertz CT molecular complexity index is 249. The Kier molecular flexibility index (Phi) is 5.29. The first-order chi connectivity index (χ1) is 7.58. The fourth-order valence-corrected chi connectivity index (χ4v) is 1.96. The first-order valence-electron chi connectivity index (χ1n) is 6.06. The normalized spacial score (nSPS) is 17.6. The molecule has 4 heteroatoms. The number of nitrogens with one attached hydrogen (secondary N) is 1. The van der Waals surface area contributed by atoms with Crippen molar-refractivity contribution < 1.29 is 14.7 Å². The summed E-state index contributed by atoms with van der Waals surface area (Å²) in [6, 6.07) is 0. The molecule has 0 bridgehead atoms. The van der Waals surface area contributed by atoms with Crippen LogP contribution >= 0.6 is 0 Å². The van der Waals surface area contributed by atoms with E-state index in [1.165, 1.54) is 19.3 Å². The van der Waals surface area contributed by atoms with E-state index in [0.717, 1.165) is 18.9 Å². The number of aliphatic carboxylic acids is 1. The predicted octanol–water partition coefficient (Wildman–Crippen LogP) is 1.79. The molecule has 1 saturated carbocycles. The topological polar surface area (TPSA) is 66.4 Å². The fraction of sp³-hybridized carbons (Fsp3) is 0.833. The van der Waals surface area contributed by atoms with Crippen molar-refractivity contribution in [2.75, 3.05) is 6.54 Å². The number of hydrogen-bond donors (Lipinski definition) is 2. The van der Waals surface area contributed by atoms with Crippen molar-refractivity contribution in [1.29, 1.82) is 0 Å². The van der Waals surface area contributed by atoms with Crippen molar-refractivity contribution in [2.24, 2.45) is 11.8 Å². The van der Waals surface area contributed by atoms with E-state index in [4.69, 9.17) is 5.11 Å². The lowest BCUT2D eigenvalue weighted by Gasteiger charge is -2.25. The van der Waals surface area contributed by atoms with Crippen LogP contribution in [0.2, 0.25) is 0 Å². The highest BCUT2D eigenvalue weighted by atomic mass is 16.4. The van der Waals surface area contributed by atoms with Crippen LogP contribution in [0.3, 0.4) is 0 Å². The Morgan fingerprint density at radius 3 is 2.56 bits per heavy atom. The van der Waals surface area contributed by atoms with E-state index in [9.17, 15) is 9.59 Å². The molecule has 0 saturated heterocycles. The maximum Gasteiger partial charge on any atom is 0.303 e. The Labute approximate surface area is 96.4 Å². The molecule has 0 aromatic carbocycles. The summed E-state index contributed by atoms with van der Waals surface area (Å²) >= 11 is 0. The van der Waals surface area contributed by atoms with Gasteiger partial charge in [0.25, 0.3) is 0 Å². The van der Waals surface area contributed by atoms with E-state index in [1.807, 2.05) is 0 Å². The molecule has 0 aromatic heterocycles. The summed E-state index contributed by atoms with van der Waals surface area (Å²) in [5.41, 5.74) is 0. The molecule has 1 atom stereocenters. The van der Waals surface area contributed by atoms with Crippen molar-refractivity contribution in [3.8, 4) is 0 Å². The molecule has 16 heavy (non-hydrogen) atoms. The van der Waals surface area contributed by atoms with Crippen LogP contribution in [-0.4, -0.2) is 23.5 Å². The summed E-state index contributed by atoms with van der Waals surface area (Å²) in [6.45, 7) is 2.53. The van der Waals surface area contributed by atoms with E-state index in [2.05, 4.69) is 5.32 Å². The predicted molar refractivity (Wildman–Crippen MR) is 61.0 cm³/mol. The van der Waals surface area contributed by atoms with Gasteiger partial charge in [-0.2, -0.15) is 0 Å². The second kappa shape index (κ2) is 6.51. The van der Waals surface area contributed by atoms with Gasteiger partial charge in [0.05, 0.1) is 0 Å². The maximum atomic E-state index is 11.4. The van der Waals surface area contributed by atoms with E-state index >= 15 is 0 Å². The van der Waals surface area contributed by atoms with Gasteiger partial charge in [-0.05, 0) is 18.3 Å². The quantitative estimate of drug-likeness (QED) is 0.697. The third kappa shape index (κ3) is 5.14. The number of rotatable bonds is 7. The van der Waals surface area contributed by atoms with Gasteiger partial charge in [0.1, 0.15) is 0 Å². The van der Waals surface area contributed by atoms with Gasteiger partial charge in [-0.25, -0.2) is 0 Å². The third-order valence-electron chi connectivity index (χ3n) is 3.16. The second-order valence-electron chi connectivity index (χ2n) is 4.84. The molecule has 0 heterocycles. The van der Waals surface area contributed by atoms with Crippen molar-refractivity contribution in [1.82, 2.24) is 5.32 Å². The Hall–Kier alpha value is -1.06. The minimum atomic E-state index is -0.838. The monoisotopic (exact) mass is 227 g/mol. The standard InChI is InChI=1S/C12H21NO3/c1-9(8-12(15)16)7-11(14)13-6-5-10-3-2-4-10/h9-10H,2-8H2,1H3,(H,13,14)(H,15,16). The minimum Gasteiger partial charge on any atom is -0.481 e. The molecule has 0 aliphatic heterocycles. The first kappa shape index (κ1) is 13.0. The highest BCUT2D eigenvalue weighted by molar-refractivity contribution is 5.77. The molecule has 2 N–H and O–H groups in total. The zero-order valence-electron chi connectivity index (χ0n) is 9.87. The number of carboxylic acid groups (broad SMARTS) is 1. The number of carbonyl (C=O) groups is 2. The summed E-state index contributed by atoms with van der Waals surface area (Å²) in [5.74, 6) is -0.138. The summed E-state index contributed by atoms with van der Waals surface area (Å²) in [5, 5.41) is 11.4. The molecule has 0 spiro atoms. The SMILES string of the molecule is CC(CC(=O)O)CC(=O)NCCC1CCC1. The third-order valence-corrected chi connectivity index (χ3v) is 3.16. The minimum absolute atomic E-state index is 0.0203. The van der Waals surface area contributed by atoms with E-state index in [-0.39, 0.29) is 18.2 Å². The van der Waals surface area contributed by atoms with Gasteiger partial charge in [0.15, 0.2) is 0 Å². The maximum absolute atomic E-state index is 11.4. The largest absolute Gasteiger partial charge is 0.481 e. The summed E-state index contributed by atoms with van der Waals surface area (Å²) in [4.78, 5) is 21.8. The average Bonchev–Trinajstić information content (AvgIpc) is 2.07. The van der Waals surface area contributed by atoms with Crippen molar-refractivity contribution in [3.05, 3.63) is 0 Å². The second-order valence-corrected chi connectivity index (χ2v) is 4.84. The van der Waals surface area contributed by atoms with Crippen LogP contribution in [0.25, 0.3) is 0 Å². The number of carbonyl (C=O) groups excluding carboxylic acids is 1. The van der Waals surface area contributed by atoms with E-state index < -0.39 is 5.97 Å². The molecule has 1 fully saturated rings. The van der Waals surface area contributed by atoms with Crippen LogP contribution < -0.4 is 5.32 Å². The summed E-state index contributed by atoms with van der Waals surface area (Å²) < 4.78 is 0. The first-order valence-corrected chi connectivity index (χ1v) is 6.06. The van der Waals surface area contributed by atoms with Gasteiger partial charge in [0.2, 0.25) is 5.91 Å². The molecule has 4 nitrogen and oxygen atoms in total. The van der Waals surface area contributed by atoms with E-state index in [1.54, 1.807) is 6.92 Å². The van der Waals surface area contributed by atoms with Crippen LogP contribution in [0, 0.1) is 11.8 Å². The van der Waals surface area contributed by atoms with Gasteiger partial charge in [0, 0.05) is 19.4 Å². The Morgan fingerprint density at radius 1 is 1.38 bits per heavy atom. The summed E-state index contributed by atoms with van der Waals surface area (Å²) in [6.07, 6.45) is 5.37. The smallest absolute Gasteiger partial charge is 0.303 e. The lowest BCUT2D eigenvalue weighted by atomic mass is 9.83. The van der Waals surface area contributed by atoms with E-state index in [0.29, 0.717) is 6.42 Å². The Morgan fingerprint density at radius 2 is 2.06 bits per heavy atom. The lowest BCUT2D eigenvalue weighted by Crippen LogP contribution is -2.28. The van der Waals surface area contributed by atoms with Crippen molar-refractivity contribution in [3.63, 3.8) is 0 Å². The molecular weight excluding hydrogens is 206 g/mol. The Balaban J connectivity index is 2.02. The molecular formula is C12H21NO3. The van der Waals surface area contributed by atoms with Crippen LogP contribution in [0.15, 0.2) is 0 Å². The van der Waals surface area contributed by atoms with Crippen molar-refractivity contribution >= 4 is 11.9 Å². The van der Waals surface area contributed by atoms with Crippen LogP contribution in [-0.2, 0) is 9.59 Å². The van der Waals surface area contributed by atoms with Crippen LogP contribution in [0.1, 0.15) is 45.4 Å².